The Morgan fingerprint density at radius 3 is 2.33 bits per heavy atom. The first-order valence-electron chi connectivity index (χ1n) is 6.85. The van der Waals surface area contributed by atoms with Crippen molar-refractivity contribution >= 4 is 6.21 Å². The Balaban J connectivity index is 1.78. The van der Waals surface area contributed by atoms with Gasteiger partial charge in [0.2, 0.25) is 0 Å². The predicted molar refractivity (Wildman–Crippen MR) is 85.3 cm³/mol. The number of rotatable bonds is 7. The van der Waals surface area contributed by atoms with Crippen LogP contribution < -0.4 is 0 Å². The van der Waals surface area contributed by atoms with Crippen molar-refractivity contribution in [1.29, 1.82) is 0 Å². The van der Waals surface area contributed by atoms with Crippen molar-refractivity contribution in [3.63, 3.8) is 0 Å². The average molecular weight is 281 g/mol. The summed E-state index contributed by atoms with van der Waals surface area (Å²) in [5, 5.41) is 3.92. The Labute approximate surface area is 125 Å². The summed E-state index contributed by atoms with van der Waals surface area (Å²) in [4.78, 5) is 5.20. The van der Waals surface area contributed by atoms with Crippen molar-refractivity contribution in [2.75, 3.05) is 13.7 Å². The van der Waals surface area contributed by atoms with E-state index in [1.807, 2.05) is 72.8 Å². The summed E-state index contributed by atoms with van der Waals surface area (Å²) in [6.07, 6.45) is 5.50. The number of methoxy groups -OCH3 is 1. The van der Waals surface area contributed by atoms with Crippen LogP contribution in [0.5, 0.6) is 0 Å². The molecule has 0 aliphatic carbocycles. The predicted octanol–water partition coefficient (Wildman–Crippen LogP) is 3.98. The van der Waals surface area contributed by atoms with Crippen LogP contribution in [0.3, 0.4) is 0 Å². The third-order valence-corrected chi connectivity index (χ3v) is 2.94. The van der Waals surface area contributed by atoms with Crippen molar-refractivity contribution in [3.8, 4) is 0 Å². The van der Waals surface area contributed by atoms with E-state index in [4.69, 9.17) is 9.57 Å². The van der Waals surface area contributed by atoms with E-state index >= 15 is 0 Å². The minimum Gasteiger partial charge on any atom is -0.392 e. The van der Waals surface area contributed by atoms with Gasteiger partial charge in [-0.05, 0) is 17.2 Å². The minimum atomic E-state index is -0.0621. The van der Waals surface area contributed by atoms with Crippen molar-refractivity contribution in [1.82, 2.24) is 0 Å². The summed E-state index contributed by atoms with van der Waals surface area (Å²) < 4.78 is 5.43. The molecule has 2 rings (SSSR count). The second-order valence-corrected chi connectivity index (χ2v) is 4.44. The van der Waals surface area contributed by atoms with Gasteiger partial charge in [0.15, 0.2) is 0 Å². The van der Waals surface area contributed by atoms with Gasteiger partial charge in [-0.2, -0.15) is 0 Å². The fourth-order valence-corrected chi connectivity index (χ4v) is 1.87. The molecule has 1 unspecified atom stereocenters. The van der Waals surface area contributed by atoms with Crippen LogP contribution in [0, 0.1) is 0 Å². The summed E-state index contributed by atoms with van der Waals surface area (Å²) in [6, 6.07) is 19.9. The van der Waals surface area contributed by atoms with E-state index in [1.54, 1.807) is 13.3 Å². The zero-order valence-corrected chi connectivity index (χ0v) is 12.1. The number of hydrogen-bond donors (Lipinski definition) is 0. The molecule has 0 spiro atoms. The first-order chi connectivity index (χ1) is 10.4. The molecule has 0 heterocycles. The average Bonchev–Trinajstić information content (AvgIpc) is 2.56. The lowest BCUT2D eigenvalue weighted by molar-refractivity contribution is 0.139. The fourth-order valence-electron chi connectivity index (χ4n) is 1.87. The van der Waals surface area contributed by atoms with E-state index in [-0.39, 0.29) is 6.10 Å². The highest BCUT2D eigenvalue weighted by Gasteiger charge is 2.04. The highest BCUT2D eigenvalue weighted by Crippen LogP contribution is 2.17. The summed E-state index contributed by atoms with van der Waals surface area (Å²) in [6.45, 7) is 0.413. The molecular weight excluding hydrogens is 262 g/mol. The Bertz CT molecular complexity index is 564. The molecule has 108 valence electrons. The molecule has 0 saturated carbocycles. The number of hydrogen-bond acceptors (Lipinski definition) is 3. The van der Waals surface area contributed by atoms with Crippen LogP contribution in [0.15, 0.2) is 78.0 Å². The number of benzene rings is 2. The molecule has 0 amide bonds. The summed E-state index contributed by atoms with van der Waals surface area (Å²) >= 11 is 0. The minimum absolute atomic E-state index is 0.0621. The SMILES string of the molecule is COC(/C=C\CO/N=C/c1ccccc1)c1ccccc1. The van der Waals surface area contributed by atoms with E-state index in [9.17, 15) is 0 Å². The summed E-state index contributed by atoms with van der Waals surface area (Å²) in [7, 11) is 1.69. The first-order valence-corrected chi connectivity index (χ1v) is 6.85. The fraction of sp³-hybridized carbons (Fsp3) is 0.167. The zero-order valence-electron chi connectivity index (χ0n) is 12.1. The Morgan fingerprint density at radius 1 is 1.00 bits per heavy atom. The van der Waals surface area contributed by atoms with E-state index in [1.165, 1.54) is 0 Å². The lowest BCUT2D eigenvalue weighted by Crippen LogP contribution is -1.97. The Kier molecular flexibility index (Phi) is 6.23. The van der Waals surface area contributed by atoms with Gasteiger partial charge >= 0.3 is 0 Å². The molecule has 0 aromatic heterocycles. The molecule has 21 heavy (non-hydrogen) atoms. The molecule has 2 aromatic carbocycles. The molecule has 0 N–H and O–H groups in total. The van der Waals surface area contributed by atoms with Crippen LogP contribution in [0.2, 0.25) is 0 Å². The Hall–Kier alpha value is -2.39. The third kappa shape index (κ3) is 5.24. The second kappa shape index (κ2) is 8.72. The smallest absolute Gasteiger partial charge is 0.135 e. The molecule has 0 aliphatic rings. The molecule has 0 radical (unpaired) electrons. The largest absolute Gasteiger partial charge is 0.392 e. The Morgan fingerprint density at radius 2 is 1.67 bits per heavy atom. The molecule has 0 fully saturated rings. The van der Waals surface area contributed by atoms with Crippen molar-refractivity contribution < 1.29 is 9.57 Å². The highest BCUT2D eigenvalue weighted by atomic mass is 16.6. The normalized spacial score (nSPS) is 12.8. The van der Waals surface area contributed by atoms with E-state index in [0.717, 1.165) is 11.1 Å². The molecule has 1 atom stereocenters. The van der Waals surface area contributed by atoms with Crippen LogP contribution in [-0.4, -0.2) is 19.9 Å². The van der Waals surface area contributed by atoms with E-state index in [0.29, 0.717) is 6.61 Å². The van der Waals surface area contributed by atoms with Gasteiger partial charge in [0.05, 0.1) is 6.21 Å². The van der Waals surface area contributed by atoms with Crippen LogP contribution >= 0.6 is 0 Å². The van der Waals surface area contributed by atoms with Crippen molar-refractivity contribution in [2.45, 2.75) is 6.10 Å². The monoisotopic (exact) mass is 281 g/mol. The van der Waals surface area contributed by atoms with Gasteiger partial charge in [0.25, 0.3) is 0 Å². The van der Waals surface area contributed by atoms with E-state index < -0.39 is 0 Å². The molecule has 0 saturated heterocycles. The lowest BCUT2D eigenvalue weighted by Gasteiger charge is -2.10. The zero-order chi connectivity index (χ0) is 14.8. The maximum absolute atomic E-state index is 5.43. The van der Waals surface area contributed by atoms with Gasteiger partial charge in [0.1, 0.15) is 12.7 Å². The lowest BCUT2D eigenvalue weighted by atomic mass is 10.1. The van der Waals surface area contributed by atoms with Gasteiger partial charge in [-0.1, -0.05) is 71.9 Å². The molecule has 3 nitrogen and oxygen atoms in total. The van der Waals surface area contributed by atoms with Crippen LogP contribution in [0.25, 0.3) is 0 Å². The molecule has 0 bridgehead atoms. The quantitative estimate of drug-likeness (QED) is 0.332. The standard InChI is InChI=1S/C18H19NO2/c1-20-18(17-11-6-3-7-12-17)13-8-14-21-19-15-16-9-4-2-5-10-16/h2-13,15,18H,14H2,1H3/b13-8-,19-15+. The van der Waals surface area contributed by atoms with Crippen LogP contribution in [-0.2, 0) is 9.57 Å². The van der Waals surface area contributed by atoms with Gasteiger partial charge in [-0.3, -0.25) is 0 Å². The van der Waals surface area contributed by atoms with Crippen molar-refractivity contribution in [3.05, 3.63) is 83.9 Å². The second-order valence-electron chi connectivity index (χ2n) is 4.44. The van der Waals surface area contributed by atoms with Gasteiger partial charge in [-0.15, -0.1) is 0 Å². The first kappa shape index (κ1) is 15.0. The summed E-state index contributed by atoms with van der Waals surface area (Å²) in [5.74, 6) is 0. The highest BCUT2D eigenvalue weighted by molar-refractivity contribution is 5.78. The number of nitrogens with zero attached hydrogens (tertiary/aromatic N) is 1. The third-order valence-electron chi connectivity index (χ3n) is 2.94. The van der Waals surface area contributed by atoms with Crippen LogP contribution in [0.1, 0.15) is 17.2 Å². The van der Waals surface area contributed by atoms with Crippen molar-refractivity contribution in [2.24, 2.45) is 5.16 Å². The number of ether oxygens (including phenoxy) is 1. The number of oxime groups is 1. The van der Waals surface area contributed by atoms with Gasteiger partial charge in [0, 0.05) is 7.11 Å². The van der Waals surface area contributed by atoms with E-state index in [2.05, 4.69) is 5.16 Å². The maximum Gasteiger partial charge on any atom is 0.135 e. The van der Waals surface area contributed by atoms with Gasteiger partial charge < -0.3 is 9.57 Å². The van der Waals surface area contributed by atoms with Crippen LogP contribution in [0.4, 0.5) is 0 Å². The maximum atomic E-state index is 5.43. The molecular formula is C18H19NO2. The summed E-state index contributed by atoms with van der Waals surface area (Å²) in [5.41, 5.74) is 2.13. The topological polar surface area (TPSA) is 30.8 Å². The molecule has 3 heteroatoms. The van der Waals surface area contributed by atoms with Gasteiger partial charge in [-0.25, -0.2) is 0 Å². The molecule has 2 aromatic rings. The molecule has 0 aliphatic heterocycles.